The Morgan fingerprint density at radius 3 is 2.50 bits per heavy atom. The standard InChI is InChI=1S/C17H28ClNO/c1-4-9-17(20-6-3)16(19-12-5-2)13-14-10-7-8-11-15(14)18/h7-8,10-11,16-17,19H,4-6,9,12-13H2,1-3H3. The Morgan fingerprint density at radius 1 is 1.15 bits per heavy atom. The van der Waals surface area contributed by atoms with E-state index >= 15 is 0 Å². The van der Waals surface area contributed by atoms with Gasteiger partial charge in [-0.25, -0.2) is 0 Å². The third kappa shape index (κ3) is 5.82. The topological polar surface area (TPSA) is 21.3 Å². The number of ether oxygens (including phenoxy) is 1. The molecule has 0 fully saturated rings. The molecule has 0 aliphatic carbocycles. The van der Waals surface area contributed by atoms with Gasteiger partial charge in [-0.2, -0.15) is 0 Å². The highest BCUT2D eigenvalue weighted by Gasteiger charge is 2.21. The molecule has 0 saturated heterocycles. The van der Waals surface area contributed by atoms with Crippen LogP contribution in [0.3, 0.4) is 0 Å². The van der Waals surface area contributed by atoms with Crippen molar-refractivity contribution in [2.24, 2.45) is 0 Å². The number of benzene rings is 1. The normalized spacial score (nSPS) is 14.2. The van der Waals surface area contributed by atoms with Crippen LogP contribution in [0.15, 0.2) is 24.3 Å². The molecule has 114 valence electrons. The highest BCUT2D eigenvalue weighted by atomic mass is 35.5. The fraction of sp³-hybridized carbons (Fsp3) is 0.647. The van der Waals surface area contributed by atoms with Crippen molar-refractivity contribution < 1.29 is 4.74 Å². The molecule has 0 radical (unpaired) electrons. The van der Waals surface area contributed by atoms with Gasteiger partial charge in [0, 0.05) is 17.7 Å². The Morgan fingerprint density at radius 2 is 1.90 bits per heavy atom. The van der Waals surface area contributed by atoms with E-state index < -0.39 is 0 Å². The zero-order chi connectivity index (χ0) is 14.8. The second-order valence-corrected chi connectivity index (χ2v) is 5.55. The number of nitrogens with one attached hydrogen (secondary N) is 1. The smallest absolute Gasteiger partial charge is 0.0731 e. The van der Waals surface area contributed by atoms with Crippen LogP contribution in [0.5, 0.6) is 0 Å². The lowest BCUT2D eigenvalue weighted by molar-refractivity contribution is 0.0282. The van der Waals surface area contributed by atoms with Crippen molar-refractivity contribution in [3.05, 3.63) is 34.9 Å². The van der Waals surface area contributed by atoms with Crippen molar-refractivity contribution in [3.63, 3.8) is 0 Å². The number of hydrogen-bond donors (Lipinski definition) is 1. The van der Waals surface area contributed by atoms with Crippen molar-refractivity contribution in [1.29, 1.82) is 0 Å². The number of rotatable bonds is 10. The molecule has 0 spiro atoms. The van der Waals surface area contributed by atoms with Crippen LogP contribution >= 0.6 is 11.6 Å². The van der Waals surface area contributed by atoms with Crippen LogP contribution in [-0.4, -0.2) is 25.3 Å². The molecule has 1 rings (SSSR count). The predicted octanol–water partition coefficient (Wildman–Crippen LogP) is 4.46. The maximum absolute atomic E-state index is 6.29. The summed E-state index contributed by atoms with van der Waals surface area (Å²) in [5.41, 5.74) is 1.20. The lowest BCUT2D eigenvalue weighted by atomic mass is 9.98. The van der Waals surface area contributed by atoms with E-state index in [0.29, 0.717) is 6.04 Å². The van der Waals surface area contributed by atoms with Crippen LogP contribution in [-0.2, 0) is 11.2 Å². The van der Waals surface area contributed by atoms with Gasteiger partial charge in [-0.1, -0.05) is 50.1 Å². The highest BCUT2D eigenvalue weighted by molar-refractivity contribution is 6.31. The van der Waals surface area contributed by atoms with Crippen molar-refractivity contribution in [3.8, 4) is 0 Å². The lowest BCUT2D eigenvalue weighted by Gasteiger charge is -2.28. The molecule has 0 aliphatic rings. The summed E-state index contributed by atoms with van der Waals surface area (Å²) in [5, 5.41) is 4.48. The molecular formula is C17H28ClNO. The zero-order valence-electron chi connectivity index (χ0n) is 13.0. The van der Waals surface area contributed by atoms with E-state index in [4.69, 9.17) is 16.3 Å². The number of hydrogen-bond acceptors (Lipinski definition) is 2. The Balaban J connectivity index is 2.78. The lowest BCUT2D eigenvalue weighted by Crippen LogP contribution is -2.43. The van der Waals surface area contributed by atoms with E-state index in [0.717, 1.165) is 43.9 Å². The average Bonchev–Trinajstić information content (AvgIpc) is 2.45. The quantitative estimate of drug-likeness (QED) is 0.688. The minimum Gasteiger partial charge on any atom is -0.377 e. The first-order valence-corrected chi connectivity index (χ1v) is 8.19. The molecule has 2 atom stereocenters. The Labute approximate surface area is 128 Å². The molecule has 2 unspecified atom stereocenters. The van der Waals surface area contributed by atoms with E-state index in [1.165, 1.54) is 5.56 Å². The van der Waals surface area contributed by atoms with Crippen molar-refractivity contribution in [2.45, 2.75) is 58.6 Å². The maximum Gasteiger partial charge on any atom is 0.0731 e. The summed E-state index contributed by atoms with van der Waals surface area (Å²) in [6.45, 7) is 8.24. The highest BCUT2D eigenvalue weighted by Crippen LogP contribution is 2.20. The van der Waals surface area contributed by atoms with Gasteiger partial charge in [-0.05, 0) is 44.4 Å². The third-order valence-electron chi connectivity index (χ3n) is 3.46. The summed E-state index contributed by atoms with van der Waals surface area (Å²) in [5.74, 6) is 0. The van der Waals surface area contributed by atoms with E-state index in [1.807, 2.05) is 18.2 Å². The van der Waals surface area contributed by atoms with Crippen LogP contribution in [0.4, 0.5) is 0 Å². The molecule has 3 heteroatoms. The van der Waals surface area contributed by atoms with Crippen molar-refractivity contribution in [1.82, 2.24) is 5.32 Å². The van der Waals surface area contributed by atoms with Gasteiger partial charge in [0.1, 0.15) is 0 Å². The van der Waals surface area contributed by atoms with Gasteiger partial charge < -0.3 is 10.1 Å². The summed E-state index contributed by atoms with van der Waals surface area (Å²) in [6.07, 6.45) is 4.53. The minimum absolute atomic E-state index is 0.257. The number of halogens is 1. The predicted molar refractivity (Wildman–Crippen MR) is 87.6 cm³/mol. The Kier molecular flexibility index (Phi) is 8.92. The maximum atomic E-state index is 6.29. The summed E-state index contributed by atoms with van der Waals surface area (Å²) in [4.78, 5) is 0. The van der Waals surface area contributed by atoms with Crippen molar-refractivity contribution in [2.75, 3.05) is 13.2 Å². The molecule has 1 N–H and O–H groups in total. The molecule has 0 saturated carbocycles. The third-order valence-corrected chi connectivity index (χ3v) is 3.83. The van der Waals surface area contributed by atoms with Gasteiger partial charge in [-0.3, -0.25) is 0 Å². The fourth-order valence-corrected chi connectivity index (χ4v) is 2.68. The summed E-state index contributed by atoms with van der Waals surface area (Å²) >= 11 is 6.29. The van der Waals surface area contributed by atoms with E-state index in [-0.39, 0.29) is 6.10 Å². The van der Waals surface area contributed by atoms with Gasteiger partial charge in [0.15, 0.2) is 0 Å². The molecule has 0 amide bonds. The van der Waals surface area contributed by atoms with E-state index in [2.05, 4.69) is 32.2 Å². The van der Waals surface area contributed by atoms with Gasteiger partial charge >= 0.3 is 0 Å². The minimum atomic E-state index is 0.257. The first-order chi connectivity index (χ1) is 9.72. The van der Waals surface area contributed by atoms with E-state index in [1.54, 1.807) is 0 Å². The molecular weight excluding hydrogens is 270 g/mol. The molecule has 2 nitrogen and oxygen atoms in total. The fourth-order valence-electron chi connectivity index (χ4n) is 2.46. The molecule has 1 aromatic rings. The van der Waals surface area contributed by atoms with Crippen LogP contribution in [0, 0.1) is 0 Å². The molecule has 1 aromatic carbocycles. The van der Waals surface area contributed by atoms with Gasteiger partial charge in [0.25, 0.3) is 0 Å². The first kappa shape index (κ1) is 17.5. The molecule has 0 heterocycles. The van der Waals surface area contributed by atoms with Crippen LogP contribution < -0.4 is 5.32 Å². The largest absolute Gasteiger partial charge is 0.377 e. The van der Waals surface area contributed by atoms with Crippen LogP contribution in [0.1, 0.15) is 45.6 Å². The van der Waals surface area contributed by atoms with Crippen LogP contribution in [0.25, 0.3) is 0 Å². The monoisotopic (exact) mass is 297 g/mol. The first-order valence-electron chi connectivity index (χ1n) is 7.81. The van der Waals surface area contributed by atoms with Crippen molar-refractivity contribution >= 4 is 11.6 Å². The van der Waals surface area contributed by atoms with Gasteiger partial charge in [0.2, 0.25) is 0 Å². The zero-order valence-corrected chi connectivity index (χ0v) is 13.7. The van der Waals surface area contributed by atoms with Crippen LogP contribution in [0.2, 0.25) is 5.02 Å². The van der Waals surface area contributed by atoms with E-state index in [9.17, 15) is 0 Å². The van der Waals surface area contributed by atoms with Gasteiger partial charge in [0.05, 0.1) is 6.10 Å². The summed E-state index contributed by atoms with van der Waals surface area (Å²) in [6, 6.07) is 8.43. The molecule has 0 bridgehead atoms. The molecule has 0 aromatic heterocycles. The molecule has 20 heavy (non-hydrogen) atoms. The average molecular weight is 298 g/mol. The second-order valence-electron chi connectivity index (χ2n) is 5.14. The molecule has 0 aliphatic heterocycles. The summed E-state index contributed by atoms with van der Waals surface area (Å²) < 4.78 is 5.95. The Hall–Kier alpha value is -0.570. The van der Waals surface area contributed by atoms with Gasteiger partial charge in [-0.15, -0.1) is 0 Å². The Bertz CT molecular complexity index is 364. The summed E-state index contributed by atoms with van der Waals surface area (Å²) in [7, 11) is 0. The second kappa shape index (κ2) is 10.2. The SMILES string of the molecule is CCCNC(Cc1ccccc1Cl)C(CCC)OCC.